The first-order chi connectivity index (χ1) is 23.4. The molecule has 1 fully saturated rings. The number of rotatable bonds is 7. The number of nitrogens with one attached hydrogen (secondary N) is 3. The van der Waals surface area contributed by atoms with Gasteiger partial charge in [0.05, 0.1) is 11.5 Å². The Balaban J connectivity index is 1.65. The zero-order chi connectivity index (χ0) is 37.0. The van der Waals surface area contributed by atoms with Crippen LogP contribution in [0.3, 0.4) is 0 Å². The fraction of sp³-hybridized carbons (Fsp3) is 0.538. The molecule has 0 aromatic heterocycles. The summed E-state index contributed by atoms with van der Waals surface area (Å²) in [7, 11) is 0. The smallest absolute Gasteiger partial charge is 0.328 e. The Morgan fingerprint density at radius 1 is 0.980 bits per heavy atom. The van der Waals surface area contributed by atoms with Crippen molar-refractivity contribution < 1.29 is 28.7 Å². The SMILES string of the molecule is Cc1ccc(C[C@H]2NC(=O)/C=C/C[C@@H]([C@H](C)[C@H]3O[C@@H]3c3ccc(CN)cc3)OC(=O)[C@H](CC(C)(C)C)NC(=O)C(C)(C)[C@H](C)NC2=O)cc1Cl. The normalized spacial score (nSPS) is 27.7. The number of ether oxygens (including phenoxy) is 2. The molecule has 0 radical (unpaired) electrons. The van der Waals surface area contributed by atoms with E-state index in [9.17, 15) is 19.2 Å². The number of halogens is 1. The average Bonchev–Trinajstić information content (AvgIpc) is 3.85. The molecule has 11 heteroatoms. The Morgan fingerprint density at radius 3 is 2.26 bits per heavy atom. The van der Waals surface area contributed by atoms with Gasteiger partial charge in [-0.25, -0.2) is 4.79 Å². The molecule has 0 unspecified atom stereocenters. The summed E-state index contributed by atoms with van der Waals surface area (Å²) in [6.45, 7) is 15.4. The third kappa shape index (κ3) is 10.2. The molecule has 0 saturated carbocycles. The van der Waals surface area contributed by atoms with Crippen molar-refractivity contribution in [3.63, 3.8) is 0 Å². The van der Waals surface area contributed by atoms with Crippen LogP contribution in [0.5, 0.6) is 0 Å². The van der Waals surface area contributed by atoms with E-state index in [1.165, 1.54) is 6.08 Å². The monoisotopic (exact) mass is 708 g/mol. The summed E-state index contributed by atoms with van der Waals surface area (Å²) in [6.07, 6.45) is 2.65. The highest BCUT2D eigenvalue weighted by molar-refractivity contribution is 6.31. The molecule has 10 nitrogen and oxygen atoms in total. The van der Waals surface area contributed by atoms with E-state index in [-0.39, 0.29) is 36.4 Å². The largest absolute Gasteiger partial charge is 0.460 e. The van der Waals surface area contributed by atoms with Crippen molar-refractivity contribution in [1.82, 2.24) is 16.0 Å². The molecule has 7 atom stereocenters. The van der Waals surface area contributed by atoms with Crippen molar-refractivity contribution >= 4 is 35.3 Å². The lowest BCUT2D eigenvalue weighted by atomic mass is 9.82. The minimum absolute atomic E-state index is 0.176. The van der Waals surface area contributed by atoms with Crippen LogP contribution in [0.25, 0.3) is 0 Å². The van der Waals surface area contributed by atoms with E-state index in [0.29, 0.717) is 18.0 Å². The van der Waals surface area contributed by atoms with Gasteiger partial charge in [0.2, 0.25) is 17.7 Å². The number of aryl methyl sites for hydroxylation is 1. The molecule has 2 aromatic carbocycles. The molecule has 4 rings (SSSR count). The van der Waals surface area contributed by atoms with E-state index < -0.39 is 53.3 Å². The molecule has 0 spiro atoms. The van der Waals surface area contributed by atoms with Crippen LogP contribution >= 0.6 is 11.6 Å². The Kier molecular flexibility index (Phi) is 12.6. The fourth-order valence-electron chi connectivity index (χ4n) is 6.03. The number of benzene rings is 2. The lowest BCUT2D eigenvalue weighted by Gasteiger charge is -2.35. The van der Waals surface area contributed by atoms with E-state index in [1.807, 2.05) is 71.0 Å². The summed E-state index contributed by atoms with van der Waals surface area (Å²) in [5.41, 5.74) is 7.99. The van der Waals surface area contributed by atoms with Gasteiger partial charge in [0.1, 0.15) is 24.3 Å². The van der Waals surface area contributed by atoms with Crippen molar-refractivity contribution in [2.75, 3.05) is 0 Å². The van der Waals surface area contributed by atoms with Crippen LogP contribution in [-0.4, -0.2) is 54.0 Å². The second-order valence-electron chi connectivity index (χ2n) is 15.5. The number of carbonyl (C=O) groups excluding carboxylic acids is 4. The highest BCUT2D eigenvalue weighted by atomic mass is 35.5. The van der Waals surface area contributed by atoms with E-state index in [2.05, 4.69) is 16.0 Å². The van der Waals surface area contributed by atoms with Gasteiger partial charge in [-0.1, -0.05) is 81.8 Å². The molecule has 2 aliphatic heterocycles. The second kappa shape index (κ2) is 16.1. The van der Waals surface area contributed by atoms with Crippen molar-refractivity contribution in [2.24, 2.45) is 22.5 Å². The van der Waals surface area contributed by atoms with Crippen molar-refractivity contribution in [1.29, 1.82) is 0 Å². The number of amides is 3. The minimum Gasteiger partial charge on any atom is -0.460 e. The number of carbonyl (C=O) groups is 4. The maximum Gasteiger partial charge on any atom is 0.328 e. The van der Waals surface area contributed by atoms with E-state index >= 15 is 0 Å². The first-order valence-corrected chi connectivity index (χ1v) is 17.8. The molecular weight excluding hydrogens is 656 g/mol. The van der Waals surface area contributed by atoms with Gasteiger partial charge in [-0.2, -0.15) is 0 Å². The Labute approximate surface area is 301 Å². The number of epoxide rings is 1. The van der Waals surface area contributed by atoms with Crippen LogP contribution in [0, 0.1) is 23.7 Å². The molecule has 2 aromatic rings. The summed E-state index contributed by atoms with van der Waals surface area (Å²) < 4.78 is 12.3. The molecular formula is C39H53ClN4O6. The van der Waals surface area contributed by atoms with Gasteiger partial charge in [-0.05, 0) is 73.9 Å². The highest BCUT2D eigenvalue weighted by Crippen LogP contribution is 2.45. The van der Waals surface area contributed by atoms with Crippen molar-refractivity contribution in [2.45, 2.75) is 118 Å². The molecule has 50 heavy (non-hydrogen) atoms. The van der Waals surface area contributed by atoms with Crippen LogP contribution in [0.15, 0.2) is 54.6 Å². The van der Waals surface area contributed by atoms with Gasteiger partial charge in [-0.3, -0.25) is 14.4 Å². The number of esters is 1. The van der Waals surface area contributed by atoms with Crippen molar-refractivity contribution in [3.05, 3.63) is 81.9 Å². The summed E-state index contributed by atoms with van der Waals surface area (Å²) in [5, 5.41) is 9.27. The van der Waals surface area contributed by atoms with E-state index in [4.69, 9.17) is 26.8 Å². The lowest BCUT2D eigenvalue weighted by molar-refractivity contribution is -0.157. The molecule has 1 saturated heterocycles. The standard InChI is InChI=1S/C39H53ClN4O6/c1-22-12-13-26(18-28(22)40)19-29-35(46)42-24(3)39(7,8)37(48)44-30(20-38(4,5)6)36(47)49-31(10-9-11-32(45)43-29)23(2)33-34(50-33)27-16-14-25(21-41)15-17-27/h9,11-18,23-24,29-31,33-34H,10,19-21,41H2,1-8H3,(H,42,46)(H,43,45)(H,44,48)/b11-9+/t23-,24-,29+,30-,31-,33+,34+/m0/s1. The minimum atomic E-state index is -1.13. The average molecular weight is 709 g/mol. The number of hydrogen-bond donors (Lipinski definition) is 4. The van der Waals surface area contributed by atoms with Crippen LogP contribution < -0.4 is 21.7 Å². The zero-order valence-corrected chi connectivity index (χ0v) is 31.2. The Hall–Kier alpha value is -3.73. The summed E-state index contributed by atoms with van der Waals surface area (Å²) in [5.74, 6) is -2.16. The van der Waals surface area contributed by atoms with E-state index in [0.717, 1.165) is 22.3 Å². The van der Waals surface area contributed by atoms with Crippen LogP contribution in [0.2, 0.25) is 5.02 Å². The number of nitrogens with two attached hydrogens (primary N) is 1. The van der Waals surface area contributed by atoms with Crippen LogP contribution in [-0.2, 0) is 41.6 Å². The quantitative estimate of drug-likeness (QED) is 0.227. The van der Waals surface area contributed by atoms with E-state index in [1.54, 1.807) is 32.9 Å². The first-order valence-electron chi connectivity index (χ1n) is 17.4. The van der Waals surface area contributed by atoms with Gasteiger partial charge in [-0.15, -0.1) is 0 Å². The predicted molar refractivity (Wildman–Crippen MR) is 194 cm³/mol. The maximum absolute atomic E-state index is 13.9. The van der Waals surface area contributed by atoms with Crippen LogP contribution in [0.4, 0.5) is 0 Å². The van der Waals surface area contributed by atoms with Gasteiger partial charge in [0, 0.05) is 36.4 Å². The van der Waals surface area contributed by atoms with Gasteiger partial charge in [0.15, 0.2) is 0 Å². The first kappa shape index (κ1) is 39.1. The highest BCUT2D eigenvalue weighted by Gasteiger charge is 2.48. The molecule has 0 aliphatic carbocycles. The fourth-order valence-corrected chi connectivity index (χ4v) is 6.23. The maximum atomic E-state index is 13.9. The molecule has 2 heterocycles. The third-order valence-corrected chi connectivity index (χ3v) is 10.2. The molecule has 5 N–H and O–H groups in total. The molecule has 3 amide bonds. The summed E-state index contributed by atoms with van der Waals surface area (Å²) in [4.78, 5) is 54.8. The topological polar surface area (TPSA) is 152 Å². The molecule has 0 bridgehead atoms. The molecule has 2 aliphatic rings. The number of cyclic esters (lactones) is 1. The van der Waals surface area contributed by atoms with Gasteiger partial charge in [0.25, 0.3) is 0 Å². The Morgan fingerprint density at radius 2 is 1.64 bits per heavy atom. The predicted octanol–water partition coefficient (Wildman–Crippen LogP) is 5.23. The second-order valence-corrected chi connectivity index (χ2v) is 15.9. The van der Waals surface area contributed by atoms with Gasteiger partial charge < -0.3 is 31.2 Å². The zero-order valence-electron chi connectivity index (χ0n) is 30.5. The Bertz CT molecular complexity index is 1580. The third-order valence-electron chi connectivity index (χ3n) is 9.82. The number of hydrogen-bond acceptors (Lipinski definition) is 7. The summed E-state index contributed by atoms with van der Waals surface area (Å²) >= 11 is 6.37. The lowest BCUT2D eigenvalue weighted by Crippen LogP contribution is -2.58. The molecule has 272 valence electrons. The van der Waals surface area contributed by atoms with Gasteiger partial charge >= 0.3 is 5.97 Å². The van der Waals surface area contributed by atoms with Crippen LogP contribution in [0.1, 0.15) is 89.7 Å². The summed E-state index contributed by atoms with van der Waals surface area (Å²) in [6, 6.07) is 10.9. The van der Waals surface area contributed by atoms with Crippen molar-refractivity contribution in [3.8, 4) is 0 Å².